The summed E-state index contributed by atoms with van der Waals surface area (Å²) < 4.78 is 15.4. The number of esters is 1. The number of methoxy groups -OCH3 is 1. The topological polar surface area (TPSA) is 82.1 Å². The first-order valence-corrected chi connectivity index (χ1v) is 8.40. The van der Waals surface area contributed by atoms with Gasteiger partial charge >= 0.3 is 12.1 Å². The smallest absolute Gasteiger partial charge is 0.413 e. The van der Waals surface area contributed by atoms with Gasteiger partial charge in [0, 0.05) is 6.42 Å². The van der Waals surface area contributed by atoms with Gasteiger partial charge in [-0.25, -0.2) is 9.59 Å². The predicted molar refractivity (Wildman–Crippen MR) is 95.2 cm³/mol. The minimum Gasteiger partial charge on any atom is -0.496 e. The van der Waals surface area contributed by atoms with Crippen LogP contribution in [0.5, 0.6) is 5.75 Å². The minimum atomic E-state index is -1.02. The fourth-order valence-electron chi connectivity index (χ4n) is 2.78. The van der Waals surface area contributed by atoms with Crippen LogP contribution in [0.15, 0.2) is 54.6 Å². The van der Waals surface area contributed by atoms with Gasteiger partial charge in [-0.3, -0.25) is 9.69 Å². The second-order valence-electron chi connectivity index (χ2n) is 5.95. The first-order valence-electron chi connectivity index (χ1n) is 8.40. The summed E-state index contributed by atoms with van der Waals surface area (Å²) in [6.07, 6.45) is -0.915. The molecule has 2 aromatic carbocycles. The standard InChI is InChI=1S/C20H19NO6/c1-25-18-10-6-5-9-15(18)17(22)11-16-19(23)27-13-21(16)20(24)26-12-14-7-3-2-4-8-14/h2-10,16H,11-13H2,1H3/t16-/m1/s1. The quantitative estimate of drug-likeness (QED) is 0.575. The molecular formula is C20H19NO6. The molecule has 0 bridgehead atoms. The molecule has 1 atom stereocenters. The monoisotopic (exact) mass is 369 g/mol. The van der Waals surface area contributed by atoms with Crippen LogP contribution in [0, 0.1) is 0 Å². The number of cyclic esters (lactones) is 1. The summed E-state index contributed by atoms with van der Waals surface area (Å²) in [4.78, 5) is 38.1. The molecule has 7 nitrogen and oxygen atoms in total. The molecule has 0 unspecified atom stereocenters. The molecule has 1 aliphatic rings. The van der Waals surface area contributed by atoms with E-state index in [9.17, 15) is 14.4 Å². The molecular weight excluding hydrogens is 350 g/mol. The predicted octanol–water partition coefficient (Wildman–Crippen LogP) is 2.79. The summed E-state index contributed by atoms with van der Waals surface area (Å²) in [5, 5.41) is 0. The van der Waals surface area contributed by atoms with Crippen molar-refractivity contribution >= 4 is 17.8 Å². The summed E-state index contributed by atoms with van der Waals surface area (Å²) >= 11 is 0. The second kappa shape index (κ2) is 8.35. The van der Waals surface area contributed by atoms with Gasteiger partial charge in [-0.05, 0) is 17.7 Å². The molecule has 0 aliphatic carbocycles. The first kappa shape index (κ1) is 18.4. The fraction of sp³-hybridized carbons (Fsp3) is 0.250. The third-order valence-electron chi connectivity index (χ3n) is 4.22. The Morgan fingerprint density at radius 3 is 2.56 bits per heavy atom. The number of hydrogen-bond donors (Lipinski definition) is 0. The van der Waals surface area contributed by atoms with Gasteiger partial charge in [-0.1, -0.05) is 42.5 Å². The number of benzene rings is 2. The molecule has 0 N–H and O–H groups in total. The molecule has 0 spiro atoms. The van der Waals surface area contributed by atoms with Crippen LogP contribution in [0.25, 0.3) is 0 Å². The van der Waals surface area contributed by atoms with Crippen molar-refractivity contribution in [2.75, 3.05) is 13.8 Å². The van der Waals surface area contributed by atoms with Gasteiger partial charge in [-0.15, -0.1) is 0 Å². The Morgan fingerprint density at radius 2 is 1.81 bits per heavy atom. The average molecular weight is 369 g/mol. The molecule has 27 heavy (non-hydrogen) atoms. The summed E-state index contributed by atoms with van der Waals surface area (Å²) in [6, 6.07) is 14.9. The highest BCUT2D eigenvalue weighted by Crippen LogP contribution is 2.23. The van der Waals surface area contributed by atoms with Crippen LogP contribution >= 0.6 is 0 Å². The lowest BCUT2D eigenvalue weighted by atomic mass is 10.0. The Labute approximate surface area is 156 Å². The maximum Gasteiger partial charge on any atom is 0.413 e. The van der Waals surface area contributed by atoms with Crippen molar-refractivity contribution in [3.05, 3.63) is 65.7 Å². The fourth-order valence-corrected chi connectivity index (χ4v) is 2.78. The second-order valence-corrected chi connectivity index (χ2v) is 5.95. The summed E-state index contributed by atoms with van der Waals surface area (Å²) in [6.45, 7) is -0.173. The molecule has 2 aromatic rings. The lowest BCUT2D eigenvalue weighted by molar-refractivity contribution is -0.139. The van der Waals surface area contributed by atoms with E-state index in [1.807, 2.05) is 30.3 Å². The lowest BCUT2D eigenvalue weighted by Crippen LogP contribution is -2.39. The van der Waals surface area contributed by atoms with Crippen molar-refractivity contribution in [1.82, 2.24) is 4.90 Å². The number of para-hydroxylation sites is 1. The molecule has 7 heteroatoms. The van der Waals surface area contributed by atoms with E-state index in [2.05, 4.69) is 0 Å². The summed E-state index contributed by atoms with van der Waals surface area (Å²) in [5.41, 5.74) is 1.16. The maximum absolute atomic E-state index is 12.6. The van der Waals surface area contributed by atoms with E-state index in [1.165, 1.54) is 7.11 Å². The van der Waals surface area contributed by atoms with Crippen LogP contribution in [0.3, 0.4) is 0 Å². The lowest BCUT2D eigenvalue weighted by Gasteiger charge is -2.19. The van der Waals surface area contributed by atoms with Gasteiger partial charge in [0.15, 0.2) is 12.5 Å². The van der Waals surface area contributed by atoms with Crippen molar-refractivity contribution in [2.45, 2.75) is 19.1 Å². The van der Waals surface area contributed by atoms with Crippen molar-refractivity contribution in [3.8, 4) is 5.75 Å². The minimum absolute atomic E-state index is 0.0670. The third kappa shape index (κ3) is 4.25. The Bertz CT molecular complexity index is 835. The Morgan fingerprint density at radius 1 is 1.11 bits per heavy atom. The Kier molecular flexibility index (Phi) is 5.71. The molecule has 0 saturated carbocycles. The highest BCUT2D eigenvalue weighted by atomic mass is 16.6. The number of rotatable bonds is 6. The molecule has 1 amide bonds. The zero-order valence-corrected chi connectivity index (χ0v) is 14.8. The largest absolute Gasteiger partial charge is 0.496 e. The maximum atomic E-state index is 12.6. The van der Waals surface area contributed by atoms with Gasteiger partial charge in [-0.2, -0.15) is 0 Å². The van der Waals surface area contributed by atoms with E-state index in [0.717, 1.165) is 10.5 Å². The number of nitrogens with zero attached hydrogens (tertiary/aromatic N) is 1. The number of Topliss-reactive ketones (excluding diaryl/α,β-unsaturated/α-hetero) is 1. The van der Waals surface area contributed by atoms with Gasteiger partial charge < -0.3 is 14.2 Å². The SMILES string of the molecule is COc1ccccc1C(=O)C[C@@H]1C(=O)OCN1C(=O)OCc1ccccc1. The van der Waals surface area contributed by atoms with Gasteiger partial charge in [0.1, 0.15) is 18.4 Å². The van der Waals surface area contributed by atoms with Crippen LogP contribution in [0.4, 0.5) is 4.79 Å². The third-order valence-corrected chi connectivity index (χ3v) is 4.22. The molecule has 3 rings (SSSR count). The van der Waals surface area contributed by atoms with Crippen molar-refractivity contribution < 1.29 is 28.6 Å². The van der Waals surface area contributed by atoms with E-state index in [0.29, 0.717) is 11.3 Å². The normalized spacial score (nSPS) is 16.0. The van der Waals surface area contributed by atoms with E-state index < -0.39 is 18.1 Å². The summed E-state index contributed by atoms with van der Waals surface area (Å²) in [5.74, 6) is -0.542. The summed E-state index contributed by atoms with van der Waals surface area (Å²) in [7, 11) is 1.46. The number of ketones is 1. The molecule has 1 fully saturated rings. The zero-order chi connectivity index (χ0) is 19.2. The molecule has 0 radical (unpaired) electrons. The number of hydrogen-bond acceptors (Lipinski definition) is 6. The van der Waals surface area contributed by atoms with E-state index in [1.54, 1.807) is 24.3 Å². The molecule has 1 saturated heterocycles. The Hall–Kier alpha value is -3.35. The number of ether oxygens (including phenoxy) is 3. The van der Waals surface area contributed by atoms with Crippen LogP contribution in [-0.2, 0) is 20.9 Å². The highest BCUT2D eigenvalue weighted by Gasteiger charge is 2.40. The van der Waals surface area contributed by atoms with E-state index in [4.69, 9.17) is 14.2 Å². The average Bonchev–Trinajstić information content (AvgIpc) is 3.07. The molecule has 0 aromatic heterocycles. The molecule has 140 valence electrons. The van der Waals surface area contributed by atoms with Crippen LogP contribution < -0.4 is 4.74 Å². The number of amides is 1. The first-order chi connectivity index (χ1) is 13.1. The van der Waals surface area contributed by atoms with Gasteiger partial charge in [0.2, 0.25) is 0 Å². The Balaban J connectivity index is 1.67. The van der Waals surface area contributed by atoms with Crippen LogP contribution in [0.1, 0.15) is 22.3 Å². The van der Waals surface area contributed by atoms with Gasteiger partial charge in [0.25, 0.3) is 0 Å². The molecule has 1 aliphatic heterocycles. The molecule has 1 heterocycles. The van der Waals surface area contributed by atoms with Crippen molar-refractivity contribution in [3.63, 3.8) is 0 Å². The highest BCUT2D eigenvalue weighted by molar-refractivity contribution is 6.01. The van der Waals surface area contributed by atoms with Gasteiger partial charge in [0.05, 0.1) is 12.7 Å². The van der Waals surface area contributed by atoms with Crippen LogP contribution in [0.2, 0.25) is 0 Å². The number of carbonyl (C=O) groups is 3. The van der Waals surface area contributed by atoms with Crippen molar-refractivity contribution in [1.29, 1.82) is 0 Å². The number of carbonyl (C=O) groups excluding carboxylic acids is 3. The zero-order valence-electron chi connectivity index (χ0n) is 14.8. The van der Waals surface area contributed by atoms with Crippen LogP contribution in [-0.4, -0.2) is 42.6 Å². The van der Waals surface area contributed by atoms with E-state index in [-0.39, 0.29) is 25.5 Å². The van der Waals surface area contributed by atoms with Crippen molar-refractivity contribution in [2.24, 2.45) is 0 Å². The van der Waals surface area contributed by atoms with E-state index >= 15 is 0 Å².